The molecule has 2 N–H and O–H groups in total. The molecule has 7 nitrogen and oxygen atoms in total. The number of H-pyrrole nitrogens is 2. The first-order valence-electron chi connectivity index (χ1n) is 20.9. The number of methoxy groups -OCH3 is 1. The van der Waals surface area contributed by atoms with Crippen molar-refractivity contribution in [1.82, 2.24) is 19.9 Å². The summed E-state index contributed by atoms with van der Waals surface area (Å²) >= 11 is 0. The fourth-order valence-corrected chi connectivity index (χ4v) is 8.86. The molecule has 6 aromatic rings. The van der Waals surface area contributed by atoms with Crippen LogP contribution in [0.5, 0.6) is 5.75 Å². The van der Waals surface area contributed by atoms with E-state index in [1.807, 2.05) is 72.8 Å². The number of ether oxygens (including phenoxy) is 2. The molecular weight excluding hydrogens is 741 g/mol. The minimum absolute atomic E-state index is 0.211. The van der Waals surface area contributed by atoms with Crippen molar-refractivity contribution in [2.45, 2.75) is 74.3 Å². The van der Waals surface area contributed by atoms with E-state index >= 15 is 0 Å². The molecule has 8 bridgehead atoms. The average Bonchev–Trinajstić information content (AvgIpc) is 3.96. The number of nitrogens with one attached hydrogen (secondary N) is 2. The van der Waals surface area contributed by atoms with Gasteiger partial charge in [-0.05, 0) is 139 Å². The van der Waals surface area contributed by atoms with Crippen LogP contribution >= 0.6 is 0 Å². The van der Waals surface area contributed by atoms with Crippen LogP contribution in [-0.4, -0.2) is 33.0 Å². The summed E-state index contributed by atoms with van der Waals surface area (Å²) in [6.07, 6.45) is 4.35. The topological polar surface area (TPSA) is 92.9 Å². The lowest BCUT2D eigenvalue weighted by Gasteiger charge is -2.13. The van der Waals surface area contributed by atoms with Crippen LogP contribution in [0.15, 0.2) is 97.6 Å². The molecule has 0 radical (unpaired) electrons. The average molecular weight is 793 g/mol. The number of nitrogens with zero attached hydrogens (tertiary/aromatic N) is 2. The first-order chi connectivity index (χ1) is 29.1. The predicted octanol–water partition coefficient (Wildman–Crippen LogP) is 13.5. The van der Waals surface area contributed by atoms with E-state index in [9.17, 15) is 4.79 Å². The van der Waals surface area contributed by atoms with E-state index in [-0.39, 0.29) is 12.6 Å². The third-order valence-electron chi connectivity index (χ3n) is 12.3. The number of carbonyl (C=O) groups is 1. The summed E-state index contributed by atoms with van der Waals surface area (Å²) in [6, 6.07) is 30.1. The summed E-state index contributed by atoms with van der Waals surface area (Å²) in [5.74, 6) is 0.434. The first-order valence-corrected chi connectivity index (χ1v) is 20.9. The number of aromatic nitrogens is 4. The van der Waals surface area contributed by atoms with Crippen molar-refractivity contribution in [3.63, 3.8) is 0 Å². The van der Waals surface area contributed by atoms with Crippen molar-refractivity contribution in [2.24, 2.45) is 0 Å². The van der Waals surface area contributed by atoms with Crippen LogP contribution in [0.25, 0.3) is 72.7 Å². The lowest BCUT2D eigenvalue weighted by atomic mass is 9.91. The number of aryl methyl sites for hydroxylation is 3. The molecule has 8 rings (SSSR count). The lowest BCUT2D eigenvalue weighted by molar-refractivity contribution is 0.0472. The van der Waals surface area contributed by atoms with Crippen LogP contribution in [0.2, 0.25) is 0 Å². The fraction of sp³-hybridized carbons (Fsp3) is 0.226. The zero-order chi connectivity index (χ0) is 42.2. The Morgan fingerprint density at radius 2 is 1.23 bits per heavy atom. The molecule has 0 spiro atoms. The third-order valence-corrected chi connectivity index (χ3v) is 12.3. The molecule has 3 aromatic heterocycles. The summed E-state index contributed by atoms with van der Waals surface area (Å²) in [5, 5.41) is 0. The van der Waals surface area contributed by atoms with Crippen LogP contribution in [-0.2, 0) is 17.8 Å². The highest BCUT2D eigenvalue weighted by molar-refractivity contribution is 6.04. The van der Waals surface area contributed by atoms with E-state index < -0.39 is 0 Å². The molecule has 302 valence electrons. The summed E-state index contributed by atoms with van der Waals surface area (Å²) in [5.41, 5.74) is 22.2. The van der Waals surface area contributed by atoms with E-state index in [1.165, 1.54) is 16.7 Å². The molecule has 0 saturated carbocycles. The maximum absolute atomic E-state index is 13.3. The van der Waals surface area contributed by atoms with E-state index in [0.29, 0.717) is 5.56 Å². The van der Waals surface area contributed by atoms with Gasteiger partial charge < -0.3 is 19.4 Å². The summed E-state index contributed by atoms with van der Waals surface area (Å²) in [7, 11) is 1.69. The van der Waals surface area contributed by atoms with Crippen LogP contribution in [0.3, 0.4) is 0 Å². The number of rotatable bonds is 10. The van der Waals surface area contributed by atoms with Gasteiger partial charge in [-0.25, -0.2) is 14.8 Å². The molecule has 0 fully saturated rings. The van der Waals surface area contributed by atoms with Crippen LogP contribution in [0, 0.1) is 13.8 Å². The second kappa shape index (κ2) is 16.5. The second-order valence-corrected chi connectivity index (χ2v) is 15.5. The van der Waals surface area contributed by atoms with Crippen LogP contribution < -0.4 is 4.74 Å². The fourth-order valence-electron chi connectivity index (χ4n) is 8.86. The van der Waals surface area contributed by atoms with Crippen LogP contribution in [0.1, 0.15) is 108 Å². The molecule has 0 aliphatic carbocycles. The molecule has 0 atom stereocenters. The van der Waals surface area contributed by atoms with Gasteiger partial charge in [0.25, 0.3) is 0 Å². The SMILES string of the molecule is C=Cc1c(C)c2cc3nc(c(-c4ccc(C(=O)OCc5ccccc5)cc4)c4nc(cc5[nH]c(c(CC)c5C)c(-c5ccc(OC)cc5)c1[nH]2)C(C)=C4CC)C(CC)=C3C. The Bertz CT molecular complexity index is 2910. The van der Waals surface area contributed by atoms with Gasteiger partial charge in [-0.2, -0.15) is 0 Å². The molecule has 2 aliphatic heterocycles. The smallest absolute Gasteiger partial charge is 0.338 e. The number of hydrogen-bond acceptors (Lipinski definition) is 5. The van der Waals surface area contributed by atoms with Gasteiger partial charge in [-0.1, -0.05) is 88.0 Å². The van der Waals surface area contributed by atoms with Crippen molar-refractivity contribution in [3.05, 3.63) is 154 Å². The molecule has 0 unspecified atom stereocenters. The lowest BCUT2D eigenvalue weighted by Crippen LogP contribution is -2.05. The Morgan fingerprint density at radius 1 is 0.683 bits per heavy atom. The van der Waals surface area contributed by atoms with Crippen molar-refractivity contribution in [1.29, 1.82) is 0 Å². The van der Waals surface area contributed by atoms with Gasteiger partial charge in [-0.3, -0.25) is 0 Å². The monoisotopic (exact) mass is 792 g/mol. The van der Waals surface area contributed by atoms with E-state index in [0.717, 1.165) is 126 Å². The maximum atomic E-state index is 13.3. The molecule has 2 aliphatic rings. The predicted molar refractivity (Wildman–Crippen MR) is 248 cm³/mol. The Balaban J connectivity index is 1.46. The first kappa shape index (κ1) is 40.1. The number of aromatic amines is 2. The summed E-state index contributed by atoms with van der Waals surface area (Å²) in [6.45, 7) is 19.8. The van der Waals surface area contributed by atoms with E-state index in [2.05, 4.69) is 89.3 Å². The molecule has 7 heteroatoms. The quantitative estimate of drug-likeness (QED) is 0.135. The molecule has 5 heterocycles. The number of carbonyl (C=O) groups excluding carboxylic acids is 1. The number of esters is 1. The molecule has 0 amide bonds. The number of allylic oxidation sites excluding steroid dienone is 4. The van der Waals surface area contributed by atoms with E-state index in [4.69, 9.17) is 19.4 Å². The highest BCUT2D eigenvalue weighted by Crippen LogP contribution is 2.45. The van der Waals surface area contributed by atoms with Gasteiger partial charge in [0.2, 0.25) is 0 Å². The largest absolute Gasteiger partial charge is 0.497 e. The highest BCUT2D eigenvalue weighted by Gasteiger charge is 2.27. The minimum atomic E-state index is -0.366. The van der Waals surface area contributed by atoms with E-state index in [1.54, 1.807) is 7.11 Å². The highest BCUT2D eigenvalue weighted by atomic mass is 16.5. The van der Waals surface area contributed by atoms with Crippen molar-refractivity contribution in [2.75, 3.05) is 7.11 Å². The summed E-state index contributed by atoms with van der Waals surface area (Å²) < 4.78 is 11.3. The van der Waals surface area contributed by atoms with Gasteiger partial charge in [0.05, 0.1) is 46.5 Å². The Morgan fingerprint density at radius 3 is 1.78 bits per heavy atom. The van der Waals surface area contributed by atoms with Gasteiger partial charge in [0, 0.05) is 27.7 Å². The summed E-state index contributed by atoms with van der Waals surface area (Å²) in [4.78, 5) is 32.1. The number of fused-ring (bicyclic) bond motifs is 8. The van der Waals surface area contributed by atoms with Gasteiger partial charge in [0.1, 0.15) is 12.4 Å². The normalized spacial score (nSPS) is 12.6. The number of hydrogen-bond donors (Lipinski definition) is 2. The third kappa shape index (κ3) is 6.98. The molecule has 60 heavy (non-hydrogen) atoms. The standard InChI is InChI=1S/C53H52N4O3/c1-10-39-30(5)43-27-45-32(7)41(12-3)51(56-45)48(36-23-25-38(59-9)26-24-36)52-42(13-4)33(8)46(57-52)28-44-31(6)40(11-2)50(55-44)47(49(39)54-43)35-19-21-37(22-20-35)53(58)60-29-34-17-15-14-16-18-34/h12,14-28,56-57H,3,10-11,13,29H2,1-2,4-9H3. The van der Waals surface area contributed by atoms with Gasteiger partial charge in [-0.15, -0.1) is 0 Å². The zero-order valence-corrected chi connectivity index (χ0v) is 35.9. The van der Waals surface area contributed by atoms with Gasteiger partial charge >= 0.3 is 5.97 Å². The van der Waals surface area contributed by atoms with Crippen molar-refractivity contribution in [3.8, 4) is 28.0 Å². The van der Waals surface area contributed by atoms with Crippen molar-refractivity contribution < 1.29 is 14.3 Å². The van der Waals surface area contributed by atoms with Crippen molar-refractivity contribution >= 4 is 56.4 Å². The Kier molecular flexibility index (Phi) is 11.0. The Hall–Kier alpha value is -6.73. The molecular formula is C53H52N4O3. The minimum Gasteiger partial charge on any atom is -0.497 e. The number of benzene rings is 3. The zero-order valence-electron chi connectivity index (χ0n) is 35.9. The molecule has 3 aromatic carbocycles. The van der Waals surface area contributed by atoms with Gasteiger partial charge in [0.15, 0.2) is 0 Å². The van der Waals surface area contributed by atoms with Crippen LogP contribution in [0.4, 0.5) is 0 Å². The molecule has 0 saturated heterocycles. The Labute approximate surface area is 352 Å². The second-order valence-electron chi connectivity index (χ2n) is 15.5. The maximum Gasteiger partial charge on any atom is 0.338 e.